The van der Waals surface area contributed by atoms with Gasteiger partial charge in [0.1, 0.15) is 4.88 Å². The molecular formula is C12H11ClN2O2S. The smallest absolute Gasteiger partial charge is 0.345 e. The maximum Gasteiger partial charge on any atom is 0.345 e. The molecule has 1 saturated carbocycles. The molecule has 3 rings (SSSR count). The molecule has 0 saturated heterocycles. The van der Waals surface area contributed by atoms with Crippen molar-refractivity contribution in [3.8, 4) is 11.3 Å². The third-order valence-electron chi connectivity index (χ3n) is 3.07. The van der Waals surface area contributed by atoms with Crippen LogP contribution in [0.1, 0.15) is 33.3 Å². The highest BCUT2D eigenvalue weighted by atomic mass is 35.5. The standard InChI is InChI=1S/C12H11ClN2O2S/c1-15-10(8(13)5-14-15)7-4-9(12(16)17)18-11(7)6-2-3-6/h4-6H,2-3H2,1H3,(H,16,17). The number of aromatic carboxylic acids is 1. The van der Waals surface area contributed by atoms with Crippen molar-refractivity contribution >= 4 is 28.9 Å². The zero-order chi connectivity index (χ0) is 12.9. The van der Waals surface area contributed by atoms with Gasteiger partial charge in [-0.15, -0.1) is 11.3 Å². The van der Waals surface area contributed by atoms with E-state index in [0.29, 0.717) is 15.8 Å². The van der Waals surface area contributed by atoms with Crippen LogP contribution in [0.4, 0.5) is 0 Å². The van der Waals surface area contributed by atoms with Crippen molar-refractivity contribution in [2.24, 2.45) is 7.05 Å². The first-order chi connectivity index (χ1) is 8.58. The summed E-state index contributed by atoms with van der Waals surface area (Å²) in [6, 6.07) is 1.71. The molecule has 18 heavy (non-hydrogen) atoms. The average molecular weight is 283 g/mol. The van der Waals surface area contributed by atoms with E-state index in [1.54, 1.807) is 16.9 Å². The molecule has 0 aromatic carbocycles. The van der Waals surface area contributed by atoms with Crippen LogP contribution in [-0.2, 0) is 7.05 Å². The number of aromatic nitrogens is 2. The van der Waals surface area contributed by atoms with E-state index in [2.05, 4.69) is 5.10 Å². The highest BCUT2D eigenvalue weighted by molar-refractivity contribution is 7.14. The van der Waals surface area contributed by atoms with Gasteiger partial charge in [0.15, 0.2) is 0 Å². The van der Waals surface area contributed by atoms with Crippen LogP contribution < -0.4 is 0 Å². The van der Waals surface area contributed by atoms with Crippen LogP contribution in [-0.4, -0.2) is 20.9 Å². The van der Waals surface area contributed by atoms with Gasteiger partial charge in [0, 0.05) is 17.5 Å². The van der Waals surface area contributed by atoms with Gasteiger partial charge in [-0.1, -0.05) is 11.6 Å². The topological polar surface area (TPSA) is 55.1 Å². The molecule has 0 radical (unpaired) electrons. The molecular weight excluding hydrogens is 272 g/mol. The number of hydrogen-bond donors (Lipinski definition) is 1. The van der Waals surface area contributed by atoms with Gasteiger partial charge < -0.3 is 5.11 Å². The molecule has 2 heterocycles. The fourth-order valence-corrected chi connectivity index (χ4v) is 3.49. The van der Waals surface area contributed by atoms with Gasteiger partial charge >= 0.3 is 5.97 Å². The van der Waals surface area contributed by atoms with Crippen molar-refractivity contribution in [2.75, 3.05) is 0 Å². The zero-order valence-electron chi connectivity index (χ0n) is 9.68. The van der Waals surface area contributed by atoms with E-state index < -0.39 is 5.97 Å². The minimum Gasteiger partial charge on any atom is -0.477 e. The normalized spacial score (nSPS) is 15.0. The first kappa shape index (κ1) is 11.7. The van der Waals surface area contributed by atoms with Crippen molar-refractivity contribution in [3.05, 3.63) is 27.0 Å². The number of thiophene rings is 1. The van der Waals surface area contributed by atoms with E-state index in [9.17, 15) is 4.79 Å². The van der Waals surface area contributed by atoms with E-state index >= 15 is 0 Å². The molecule has 1 N–H and O–H groups in total. The molecule has 6 heteroatoms. The monoisotopic (exact) mass is 282 g/mol. The van der Waals surface area contributed by atoms with E-state index in [0.717, 1.165) is 29.0 Å². The molecule has 2 aromatic rings. The van der Waals surface area contributed by atoms with Gasteiger partial charge in [0.2, 0.25) is 0 Å². The summed E-state index contributed by atoms with van der Waals surface area (Å²) < 4.78 is 1.70. The Morgan fingerprint density at radius 1 is 1.61 bits per heavy atom. The molecule has 94 valence electrons. The Morgan fingerprint density at radius 3 is 2.83 bits per heavy atom. The molecule has 0 aliphatic heterocycles. The lowest BCUT2D eigenvalue weighted by Crippen LogP contribution is -1.94. The Kier molecular flexibility index (Phi) is 2.68. The molecule has 0 bridgehead atoms. The van der Waals surface area contributed by atoms with Crippen molar-refractivity contribution in [1.29, 1.82) is 0 Å². The Hall–Kier alpha value is -1.33. The highest BCUT2D eigenvalue weighted by Gasteiger charge is 2.31. The van der Waals surface area contributed by atoms with Crippen LogP contribution >= 0.6 is 22.9 Å². The summed E-state index contributed by atoms with van der Waals surface area (Å²) in [4.78, 5) is 12.6. The molecule has 4 nitrogen and oxygen atoms in total. The number of carbonyl (C=O) groups is 1. The van der Waals surface area contributed by atoms with E-state index in [-0.39, 0.29) is 0 Å². The van der Waals surface area contributed by atoms with Crippen LogP contribution in [0.5, 0.6) is 0 Å². The average Bonchev–Trinajstić information content (AvgIpc) is 2.99. The molecule has 0 spiro atoms. The van der Waals surface area contributed by atoms with Crippen molar-refractivity contribution in [3.63, 3.8) is 0 Å². The van der Waals surface area contributed by atoms with Gasteiger partial charge in [-0.3, -0.25) is 4.68 Å². The number of nitrogens with zero attached hydrogens (tertiary/aromatic N) is 2. The first-order valence-corrected chi connectivity index (χ1v) is 6.82. The summed E-state index contributed by atoms with van der Waals surface area (Å²) in [6.07, 6.45) is 3.84. The second-order valence-electron chi connectivity index (χ2n) is 4.43. The quantitative estimate of drug-likeness (QED) is 0.939. The maximum absolute atomic E-state index is 11.1. The first-order valence-electron chi connectivity index (χ1n) is 5.63. The minimum absolute atomic E-state index is 0.365. The molecule has 1 aliphatic rings. The molecule has 2 aromatic heterocycles. The summed E-state index contributed by atoms with van der Waals surface area (Å²) in [5, 5.41) is 13.8. The second-order valence-corrected chi connectivity index (χ2v) is 5.92. The number of carboxylic acids is 1. The number of aryl methyl sites for hydroxylation is 1. The van der Waals surface area contributed by atoms with Crippen LogP contribution in [0.3, 0.4) is 0 Å². The third kappa shape index (κ3) is 1.83. The Labute approximate surface area is 113 Å². The summed E-state index contributed by atoms with van der Waals surface area (Å²) in [5.74, 6) is -0.393. The predicted octanol–water partition coefficient (Wildman–Crippen LogP) is 3.38. The number of carboxylic acid groups (broad SMARTS) is 1. The van der Waals surface area contributed by atoms with Gasteiger partial charge in [-0.25, -0.2) is 4.79 Å². The highest BCUT2D eigenvalue weighted by Crippen LogP contribution is 2.49. The molecule has 0 unspecified atom stereocenters. The van der Waals surface area contributed by atoms with E-state index in [4.69, 9.17) is 16.7 Å². The minimum atomic E-state index is -0.883. The van der Waals surface area contributed by atoms with Gasteiger partial charge in [0.05, 0.1) is 16.9 Å². The molecule has 0 amide bonds. The van der Waals surface area contributed by atoms with Crippen LogP contribution in [0.15, 0.2) is 12.3 Å². The van der Waals surface area contributed by atoms with Gasteiger partial charge in [-0.05, 0) is 24.8 Å². The van der Waals surface area contributed by atoms with Crippen LogP contribution in [0, 0.1) is 0 Å². The largest absolute Gasteiger partial charge is 0.477 e. The fourth-order valence-electron chi connectivity index (χ4n) is 2.06. The molecule has 0 atom stereocenters. The number of hydrogen-bond acceptors (Lipinski definition) is 3. The third-order valence-corrected chi connectivity index (χ3v) is 4.63. The zero-order valence-corrected chi connectivity index (χ0v) is 11.3. The van der Waals surface area contributed by atoms with E-state index in [1.807, 2.05) is 7.05 Å². The summed E-state index contributed by atoms with van der Waals surface area (Å²) in [6.45, 7) is 0. The summed E-state index contributed by atoms with van der Waals surface area (Å²) >= 11 is 7.49. The Balaban J connectivity index is 2.18. The predicted molar refractivity (Wildman–Crippen MR) is 70.5 cm³/mol. The van der Waals surface area contributed by atoms with Crippen LogP contribution in [0.2, 0.25) is 5.02 Å². The Morgan fingerprint density at radius 2 is 2.33 bits per heavy atom. The van der Waals surface area contributed by atoms with Crippen molar-refractivity contribution in [1.82, 2.24) is 9.78 Å². The van der Waals surface area contributed by atoms with Crippen molar-refractivity contribution < 1.29 is 9.90 Å². The van der Waals surface area contributed by atoms with E-state index in [1.165, 1.54) is 11.3 Å². The second kappa shape index (κ2) is 4.10. The molecule has 1 aliphatic carbocycles. The lowest BCUT2D eigenvalue weighted by molar-refractivity contribution is 0.0702. The maximum atomic E-state index is 11.1. The lowest BCUT2D eigenvalue weighted by atomic mass is 10.1. The Bertz CT molecular complexity index is 609. The summed E-state index contributed by atoms with van der Waals surface area (Å²) in [7, 11) is 1.82. The summed E-state index contributed by atoms with van der Waals surface area (Å²) in [5.41, 5.74) is 1.73. The van der Waals surface area contributed by atoms with Gasteiger partial charge in [-0.2, -0.15) is 5.10 Å². The lowest BCUT2D eigenvalue weighted by Gasteiger charge is -2.03. The van der Waals surface area contributed by atoms with Gasteiger partial charge in [0.25, 0.3) is 0 Å². The van der Waals surface area contributed by atoms with Crippen LogP contribution in [0.25, 0.3) is 11.3 Å². The number of halogens is 1. The number of rotatable bonds is 3. The van der Waals surface area contributed by atoms with Crippen molar-refractivity contribution in [2.45, 2.75) is 18.8 Å². The fraction of sp³-hybridized carbons (Fsp3) is 0.333. The SMILES string of the molecule is Cn1ncc(Cl)c1-c1cc(C(=O)O)sc1C1CC1. The molecule has 1 fully saturated rings.